The van der Waals surface area contributed by atoms with E-state index in [1.807, 2.05) is 0 Å². The average Bonchev–Trinajstić information content (AvgIpc) is 2.56. The highest BCUT2D eigenvalue weighted by molar-refractivity contribution is 6.34. The smallest absolute Gasteiger partial charge is 0.352 e. The molecule has 2 rings (SSSR count). The van der Waals surface area contributed by atoms with E-state index < -0.39 is 17.6 Å². The number of benzene rings is 2. The Labute approximate surface area is 153 Å². The van der Waals surface area contributed by atoms with Crippen molar-refractivity contribution >= 4 is 29.1 Å². The Kier molecular flexibility index (Phi) is 6.26. The summed E-state index contributed by atoms with van der Waals surface area (Å²) in [5, 5.41) is 5.46. The summed E-state index contributed by atoms with van der Waals surface area (Å²) in [7, 11) is 0. The second kappa shape index (κ2) is 8.23. The van der Waals surface area contributed by atoms with Crippen LogP contribution in [-0.4, -0.2) is 18.4 Å². The molecule has 0 aliphatic rings. The molecule has 0 atom stereocenters. The van der Waals surface area contributed by atoms with Gasteiger partial charge >= 0.3 is 6.18 Å². The molecule has 0 unspecified atom stereocenters. The highest BCUT2D eigenvalue weighted by Crippen LogP contribution is 2.29. The van der Waals surface area contributed by atoms with Crippen LogP contribution in [0.1, 0.15) is 28.4 Å². The molecule has 2 aromatic rings. The number of hydrogen-bond donors (Lipinski definition) is 2. The van der Waals surface area contributed by atoms with Crippen molar-refractivity contribution in [2.24, 2.45) is 0 Å². The molecule has 138 valence electrons. The number of amides is 2. The van der Waals surface area contributed by atoms with Gasteiger partial charge in [0.2, 0.25) is 5.91 Å². The molecule has 8 heteroatoms. The van der Waals surface area contributed by atoms with Gasteiger partial charge in [0, 0.05) is 12.2 Å². The molecule has 4 nitrogen and oxygen atoms in total. The second-order valence-corrected chi connectivity index (χ2v) is 5.88. The molecule has 0 aliphatic carbocycles. The number of nitrogens with one attached hydrogen (secondary N) is 2. The lowest BCUT2D eigenvalue weighted by molar-refractivity contribution is -0.137. The van der Waals surface area contributed by atoms with E-state index in [4.69, 9.17) is 11.6 Å². The lowest BCUT2D eigenvalue weighted by Gasteiger charge is -2.10. The van der Waals surface area contributed by atoms with Crippen LogP contribution in [0.3, 0.4) is 0 Å². The third-order valence-electron chi connectivity index (χ3n) is 3.48. The van der Waals surface area contributed by atoms with Gasteiger partial charge in [0.25, 0.3) is 5.91 Å². The van der Waals surface area contributed by atoms with Crippen LogP contribution < -0.4 is 10.6 Å². The number of carbonyl (C=O) groups is 2. The minimum Gasteiger partial charge on any atom is -0.352 e. The monoisotopic (exact) mass is 384 g/mol. The fourth-order valence-electron chi connectivity index (χ4n) is 2.23. The van der Waals surface area contributed by atoms with Gasteiger partial charge in [0.05, 0.1) is 22.6 Å². The van der Waals surface area contributed by atoms with Crippen molar-refractivity contribution in [1.29, 1.82) is 0 Å². The Morgan fingerprint density at radius 3 is 2.31 bits per heavy atom. The molecule has 0 fully saturated rings. The first kappa shape index (κ1) is 19.8. The van der Waals surface area contributed by atoms with Crippen molar-refractivity contribution in [2.75, 3.05) is 11.9 Å². The Bertz CT molecular complexity index is 805. The van der Waals surface area contributed by atoms with Crippen molar-refractivity contribution in [3.05, 3.63) is 64.2 Å². The van der Waals surface area contributed by atoms with E-state index >= 15 is 0 Å². The number of halogens is 4. The van der Waals surface area contributed by atoms with Gasteiger partial charge in [-0.15, -0.1) is 0 Å². The molecule has 2 aromatic carbocycles. The van der Waals surface area contributed by atoms with E-state index in [-0.39, 0.29) is 22.9 Å². The number of alkyl halides is 3. The van der Waals surface area contributed by atoms with Gasteiger partial charge in [-0.25, -0.2) is 0 Å². The number of anilines is 1. The summed E-state index contributed by atoms with van der Waals surface area (Å²) >= 11 is 5.98. The van der Waals surface area contributed by atoms with E-state index in [1.54, 1.807) is 6.92 Å². The van der Waals surface area contributed by atoms with Crippen LogP contribution in [0.5, 0.6) is 0 Å². The van der Waals surface area contributed by atoms with E-state index in [2.05, 4.69) is 10.6 Å². The van der Waals surface area contributed by atoms with E-state index in [0.717, 1.165) is 12.1 Å². The van der Waals surface area contributed by atoms with Crippen molar-refractivity contribution in [1.82, 2.24) is 5.32 Å². The number of carbonyl (C=O) groups excluding carboxylic acids is 2. The molecule has 2 amide bonds. The molecular weight excluding hydrogens is 369 g/mol. The Morgan fingerprint density at radius 2 is 1.73 bits per heavy atom. The molecule has 0 saturated heterocycles. The maximum atomic E-state index is 12.5. The van der Waals surface area contributed by atoms with Crippen LogP contribution in [0.25, 0.3) is 0 Å². The van der Waals surface area contributed by atoms with E-state index in [9.17, 15) is 22.8 Å². The zero-order valence-electron chi connectivity index (χ0n) is 13.8. The summed E-state index contributed by atoms with van der Waals surface area (Å²) in [4.78, 5) is 24.0. The van der Waals surface area contributed by atoms with Gasteiger partial charge in [0.15, 0.2) is 0 Å². The second-order valence-electron chi connectivity index (χ2n) is 5.47. The summed E-state index contributed by atoms with van der Waals surface area (Å²) in [6.07, 6.45) is -4.52. The maximum Gasteiger partial charge on any atom is 0.416 e. The fraction of sp³-hybridized carbons (Fsp3) is 0.222. The SMILES string of the molecule is CCNC(=O)c1cc(NC(=O)Cc2ccc(C(F)(F)F)cc2)ccc1Cl. The van der Waals surface area contributed by atoms with Gasteiger partial charge in [0.1, 0.15) is 0 Å². The van der Waals surface area contributed by atoms with E-state index in [1.165, 1.54) is 30.3 Å². The Hall–Kier alpha value is -2.54. The van der Waals surface area contributed by atoms with Crippen LogP contribution in [0.15, 0.2) is 42.5 Å². The molecule has 0 heterocycles. The van der Waals surface area contributed by atoms with Crippen molar-refractivity contribution < 1.29 is 22.8 Å². The predicted octanol–water partition coefficient (Wildman–Crippen LogP) is 4.29. The van der Waals surface area contributed by atoms with Crippen LogP contribution in [-0.2, 0) is 17.4 Å². The Balaban J connectivity index is 2.06. The highest BCUT2D eigenvalue weighted by atomic mass is 35.5. The third kappa shape index (κ3) is 5.23. The first-order valence-corrected chi connectivity index (χ1v) is 8.12. The molecule has 0 saturated carbocycles. The summed E-state index contributed by atoms with van der Waals surface area (Å²) in [5.41, 5.74) is 0.257. The molecule has 0 radical (unpaired) electrons. The molecule has 0 spiro atoms. The largest absolute Gasteiger partial charge is 0.416 e. The van der Waals surface area contributed by atoms with Crippen LogP contribution in [0.4, 0.5) is 18.9 Å². The van der Waals surface area contributed by atoms with Gasteiger partial charge in [-0.1, -0.05) is 23.7 Å². The predicted molar refractivity (Wildman–Crippen MR) is 93.2 cm³/mol. The first-order valence-electron chi connectivity index (χ1n) is 7.74. The molecule has 0 aromatic heterocycles. The zero-order valence-corrected chi connectivity index (χ0v) is 14.5. The number of rotatable bonds is 5. The minimum absolute atomic E-state index is 0.0999. The van der Waals surface area contributed by atoms with Crippen molar-refractivity contribution in [3.63, 3.8) is 0 Å². The fourth-order valence-corrected chi connectivity index (χ4v) is 2.44. The lowest BCUT2D eigenvalue weighted by Crippen LogP contribution is -2.23. The van der Waals surface area contributed by atoms with Crippen molar-refractivity contribution in [2.45, 2.75) is 19.5 Å². The average molecular weight is 385 g/mol. The first-order chi connectivity index (χ1) is 12.2. The molecular formula is C18H16ClF3N2O2. The quantitative estimate of drug-likeness (QED) is 0.808. The van der Waals surface area contributed by atoms with Crippen LogP contribution >= 0.6 is 11.6 Å². The summed E-state index contributed by atoms with van der Waals surface area (Å²) < 4.78 is 37.6. The Morgan fingerprint density at radius 1 is 1.08 bits per heavy atom. The lowest BCUT2D eigenvalue weighted by atomic mass is 10.1. The van der Waals surface area contributed by atoms with Gasteiger partial charge in [-0.3, -0.25) is 9.59 Å². The van der Waals surface area contributed by atoms with Crippen molar-refractivity contribution in [3.8, 4) is 0 Å². The van der Waals surface area contributed by atoms with Gasteiger partial charge < -0.3 is 10.6 Å². The highest BCUT2D eigenvalue weighted by Gasteiger charge is 2.29. The standard InChI is InChI=1S/C18H16ClF3N2O2/c1-2-23-17(26)14-10-13(7-8-15(14)19)24-16(25)9-11-3-5-12(6-4-11)18(20,21)22/h3-8,10H,2,9H2,1H3,(H,23,26)(H,24,25). The van der Waals surface area contributed by atoms with Gasteiger partial charge in [-0.05, 0) is 42.8 Å². The van der Waals surface area contributed by atoms with Crippen LogP contribution in [0.2, 0.25) is 5.02 Å². The molecule has 26 heavy (non-hydrogen) atoms. The third-order valence-corrected chi connectivity index (χ3v) is 3.81. The van der Waals surface area contributed by atoms with Gasteiger partial charge in [-0.2, -0.15) is 13.2 Å². The zero-order chi connectivity index (χ0) is 19.3. The van der Waals surface area contributed by atoms with Crippen LogP contribution in [0, 0.1) is 0 Å². The topological polar surface area (TPSA) is 58.2 Å². The molecule has 0 bridgehead atoms. The van der Waals surface area contributed by atoms with E-state index in [0.29, 0.717) is 17.8 Å². The minimum atomic E-state index is -4.42. The summed E-state index contributed by atoms with van der Waals surface area (Å²) in [6.45, 7) is 2.20. The number of hydrogen-bond acceptors (Lipinski definition) is 2. The molecule has 2 N–H and O–H groups in total. The normalized spacial score (nSPS) is 11.1. The summed E-state index contributed by atoms with van der Waals surface area (Å²) in [5.74, 6) is -0.787. The molecule has 0 aliphatic heterocycles. The maximum absolute atomic E-state index is 12.5. The summed E-state index contributed by atoms with van der Waals surface area (Å²) in [6, 6.07) is 8.83.